The number of rotatable bonds is 6. The molecule has 0 aliphatic rings. The van der Waals surface area contributed by atoms with Crippen molar-refractivity contribution < 1.29 is 13.5 Å². The van der Waals surface area contributed by atoms with E-state index in [0.29, 0.717) is 23.6 Å². The predicted molar refractivity (Wildman–Crippen MR) is 79.9 cm³/mol. The number of ether oxygens (including phenoxy) is 1. The number of halogens is 3. The van der Waals surface area contributed by atoms with Crippen LogP contribution in [0.15, 0.2) is 36.4 Å². The van der Waals surface area contributed by atoms with Gasteiger partial charge in [0.1, 0.15) is 23.1 Å². The highest BCUT2D eigenvalue weighted by atomic mass is 35.5. The van der Waals surface area contributed by atoms with Gasteiger partial charge in [0.05, 0.1) is 5.02 Å². The van der Waals surface area contributed by atoms with Crippen molar-refractivity contribution in [2.24, 2.45) is 0 Å². The van der Waals surface area contributed by atoms with E-state index in [1.807, 2.05) is 6.92 Å². The van der Waals surface area contributed by atoms with Crippen LogP contribution in [-0.2, 0) is 6.54 Å². The maximum Gasteiger partial charge on any atom is 0.146 e. The summed E-state index contributed by atoms with van der Waals surface area (Å²) in [5.74, 6) is -0.140. The lowest BCUT2D eigenvalue weighted by Gasteiger charge is -2.13. The lowest BCUT2D eigenvalue weighted by Crippen LogP contribution is -2.15. The third-order valence-corrected chi connectivity index (χ3v) is 3.21. The highest BCUT2D eigenvalue weighted by Gasteiger charge is 2.12. The maximum atomic E-state index is 13.9. The molecule has 2 nitrogen and oxygen atoms in total. The fraction of sp³-hybridized carbons (Fsp3) is 0.250. The zero-order valence-corrected chi connectivity index (χ0v) is 12.4. The van der Waals surface area contributed by atoms with E-state index in [-0.39, 0.29) is 10.8 Å². The summed E-state index contributed by atoms with van der Waals surface area (Å²) in [5, 5.41) is 3.27. The van der Waals surface area contributed by atoms with E-state index in [0.717, 1.165) is 19.0 Å². The second kappa shape index (κ2) is 7.38. The average molecular weight is 312 g/mol. The van der Waals surface area contributed by atoms with Gasteiger partial charge in [-0.25, -0.2) is 8.78 Å². The molecule has 0 atom stereocenters. The molecule has 5 heteroatoms. The van der Waals surface area contributed by atoms with Crippen LogP contribution >= 0.6 is 11.6 Å². The SMILES string of the molecule is CCCNCc1c(F)cccc1Oc1ccc(F)cc1Cl. The zero-order valence-electron chi connectivity index (χ0n) is 11.6. The summed E-state index contributed by atoms with van der Waals surface area (Å²) in [4.78, 5) is 0. The van der Waals surface area contributed by atoms with Crippen molar-refractivity contribution in [2.45, 2.75) is 19.9 Å². The highest BCUT2D eigenvalue weighted by Crippen LogP contribution is 2.32. The summed E-state index contributed by atoms with van der Waals surface area (Å²) < 4.78 is 32.6. The van der Waals surface area contributed by atoms with Gasteiger partial charge in [-0.3, -0.25) is 0 Å². The van der Waals surface area contributed by atoms with E-state index < -0.39 is 5.82 Å². The van der Waals surface area contributed by atoms with Crippen LogP contribution in [0.3, 0.4) is 0 Å². The van der Waals surface area contributed by atoms with Crippen molar-refractivity contribution in [1.29, 1.82) is 0 Å². The van der Waals surface area contributed by atoms with Crippen LogP contribution in [0.4, 0.5) is 8.78 Å². The monoisotopic (exact) mass is 311 g/mol. The second-order valence-electron chi connectivity index (χ2n) is 4.57. The minimum atomic E-state index is -0.448. The van der Waals surface area contributed by atoms with Crippen LogP contribution < -0.4 is 10.1 Å². The molecule has 0 amide bonds. The van der Waals surface area contributed by atoms with Gasteiger partial charge in [0, 0.05) is 12.1 Å². The van der Waals surface area contributed by atoms with Crippen molar-refractivity contribution in [3.8, 4) is 11.5 Å². The van der Waals surface area contributed by atoms with Crippen LogP contribution in [0.25, 0.3) is 0 Å². The largest absolute Gasteiger partial charge is 0.455 e. The first-order valence-electron chi connectivity index (χ1n) is 6.73. The molecule has 0 saturated carbocycles. The van der Waals surface area contributed by atoms with Gasteiger partial charge in [-0.1, -0.05) is 24.6 Å². The fourth-order valence-corrected chi connectivity index (χ4v) is 2.08. The highest BCUT2D eigenvalue weighted by molar-refractivity contribution is 6.32. The Hall–Kier alpha value is -1.65. The van der Waals surface area contributed by atoms with Crippen molar-refractivity contribution in [3.05, 3.63) is 58.6 Å². The number of benzene rings is 2. The predicted octanol–water partition coefficient (Wildman–Crippen LogP) is 4.91. The molecule has 0 spiro atoms. The molecule has 0 heterocycles. The van der Waals surface area contributed by atoms with Gasteiger partial charge >= 0.3 is 0 Å². The summed E-state index contributed by atoms with van der Waals surface area (Å²) in [6.07, 6.45) is 0.953. The van der Waals surface area contributed by atoms with E-state index >= 15 is 0 Å². The van der Waals surface area contributed by atoms with E-state index in [9.17, 15) is 8.78 Å². The van der Waals surface area contributed by atoms with Gasteiger partial charge in [0.2, 0.25) is 0 Å². The molecule has 0 radical (unpaired) electrons. The lowest BCUT2D eigenvalue weighted by molar-refractivity contribution is 0.460. The Balaban J connectivity index is 2.24. The van der Waals surface area contributed by atoms with Crippen LogP contribution in [0, 0.1) is 11.6 Å². The molecule has 1 N–H and O–H groups in total. The molecule has 0 bridgehead atoms. The van der Waals surface area contributed by atoms with Gasteiger partial charge in [-0.2, -0.15) is 0 Å². The van der Waals surface area contributed by atoms with Crippen molar-refractivity contribution in [2.75, 3.05) is 6.54 Å². The van der Waals surface area contributed by atoms with E-state index in [1.54, 1.807) is 12.1 Å². The average Bonchev–Trinajstić information content (AvgIpc) is 2.45. The Morgan fingerprint density at radius 1 is 1.14 bits per heavy atom. The maximum absolute atomic E-state index is 13.9. The molecule has 0 aliphatic carbocycles. The van der Waals surface area contributed by atoms with Crippen LogP contribution in [-0.4, -0.2) is 6.54 Å². The van der Waals surface area contributed by atoms with E-state index in [2.05, 4.69) is 5.32 Å². The first kappa shape index (κ1) is 15.7. The van der Waals surface area contributed by atoms with E-state index in [4.69, 9.17) is 16.3 Å². The Morgan fingerprint density at radius 3 is 2.67 bits per heavy atom. The Bertz CT molecular complexity index is 619. The zero-order chi connectivity index (χ0) is 15.2. The minimum absolute atomic E-state index is 0.145. The Labute approximate surface area is 127 Å². The lowest BCUT2D eigenvalue weighted by atomic mass is 10.2. The molecule has 0 fully saturated rings. The molecule has 2 aromatic carbocycles. The van der Waals surface area contributed by atoms with Crippen LogP contribution in [0.5, 0.6) is 11.5 Å². The van der Waals surface area contributed by atoms with Gasteiger partial charge in [0.25, 0.3) is 0 Å². The van der Waals surface area contributed by atoms with Crippen molar-refractivity contribution in [3.63, 3.8) is 0 Å². The molecular weight excluding hydrogens is 296 g/mol. The number of hydrogen-bond acceptors (Lipinski definition) is 2. The normalized spacial score (nSPS) is 10.7. The summed E-state index contributed by atoms with van der Waals surface area (Å²) in [5.41, 5.74) is 0.423. The molecule has 112 valence electrons. The molecule has 2 aromatic rings. The molecule has 0 saturated heterocycles. The second-order valence-corrected chi connectivity index (χ2v) is 4.98. The van der Waals surface area contributed by atoms with E-state index in [1.165, 1.54) is 18.2 Å². The summed E-state index contributed by atoms with van der Waals surface area (Å²) in [6, 6.07) is 8.42. The topological polar surface area (TPSA) is 21.3 Å². The Kier molecular flexibility index (Phi) is 5.53. The molecular formula is C16H16ClF2NO. The molecule has 2 rings (SSSR count). The quantitative estimate of drug-likeness (QED) is 0.765. The first-order valence-corrected chi connectivity index (χ1v) is 7.10. The molecule has 0 aromatic heterocycles. The number of nitrogens with one attached hydrogen (secondary N) is 1. The third-order valence-electron chi connectivity index (χ3n) is 2.92. The van der Waals surface area contributed by atoms with Gasteiger partial charge in [-0.15, -0.1) is 0 Å². The summed E-state index contributed by atoms with van der Waals surface area (Å²) in [6.45, 7) is 3.17. The van der Waals surface area contributed by atoms with Gasteiger partial charge < -0.3 is 10.1 Å². The minimum Gasteiger partial charge on any atom is -0.455 e. The first-order chi connectivity index (χ1) is 10.1. The van der Waals surface area contributed by atoms with Crippen molar-refractivity contribution >= 4 is 11.6 Å². The molecule has 21 heavy (non-hydrogen) atoms. The van der Waals surface area contributed by atoms with Crippen LogP contribution in [0.1, 0.15) is 18.9 Å². The molecule has 0 unspecified atom stereocenters. The third kappa shape index (κ3) is 4.16. The summed E-state index contributed by atoms with van der Waals surface area (Å²) >= 11 is 5.92. The smallest absolute Gasteiger partial charge is 0.146 e. The Morgan fingerprint density at radius 2 is 1.95 bits per heavy atom. The molecule has 0 aliphatic heterocycles. The van der Waals surface area contributed by atoms with Gasteiger partial charge in [0.15, 0.2) is 0 Å². The number of hydrogen-bond donors (Lipinski definition) is 1. The van der Waals surface area contributed by atoms with Gasteiger partial charge in [-0.05, 0) is 43.3 Å². The fourth-order valence-electron chi connectivity index (χ4n) is 1.87. The standard InChI is InChI=1S/C16H16ClF2NO/c1-2-8-20-10-12-14(19)4-3-5-15(12)21-16-7-6-11(18)9-13(16)17/h3-7,9,20H,2,8,10H2,1H3. The van der Waals surface area contributed by atoms with Crippen LogP contribution in [0.2, 0.25) is 5.02 Å². The van der Waals surface area contributed by atoms with Crippen molar-refractivity contribution in [1.82, 2.24) is 5.32 Å². The summed E-state index contributed by atoms with van der Waals surface area (Å²) in [7, 11) is 0.